The molecule has 4 nitrogen and oxygen atoms in total. The van der Waals surface area contributed by atoms with Gasteiger partial charge in [-0.25, -0.2) is 0 Å². The van der Waals surface area contributed by atoms with Gasteiger partial charge in [-0.15, -0.1) is 0 Å². The predicted molar refractivity (Wildman–Crippen MR) is 65.1 cm³/mol. The van der Waals surface area contributed by atoms with Gasteiger partial charge < -0.3 is 10.6 Å². The van der Waals surface area contributed by atoms with Crippen molar-refractivity contribution < 1.29 is 9.59 Å². The van der Waals surface area contributed by atoms with Gasteiger partial charge in [0.1, 0.15) is 6.04 Å². The van der Waals surface area contributed by atoms with Gasteiger partial charge in [0.15, 0.2) is 0 Å². The van der Waals surface area contributed by atoms with E-state index >= 15 is 0 Å². The molecule has 86 valence electrons. The molecule has 0 radical (unpaired) electrons. The maximum Gasteiger partial charge on any atom is 0.251 e. The minimum absolute atomic E-state index is 0.217. The lowest BCUT2D eigenvalue weighted by molar-refractivity contribution is -0.122. The molecule has 0 heterocycles. The van der Waals surface area contributed by atoms with E-state index in [9.17, 15) is 9.59 Å². The summed E-state index contributed by atoms with van der Waals surface area (Å²) in [6.07, 6.45) is 0. The van der Waals surface area contributed by atoms with Crippen molar-refractivity contribution in [2.24, 2.45) is 0 Å². The fraction of sp³-hybridized carbons (Fsp3) is 0.273. The highest BCUT2D eigenvalue weighted by molar-refractivity contribution is 9.10. The van der Waals surface area contributed by atoms with E-state index in [1.165, 1.54) is 7.05 Å². The normalized spacial score (nSPS) is 11.7. The lowest BCUT2D eigenvalue weighted by Crippen LogP contribution is -2.43. The molecule has 2 N–H and O–H groups in total. The molecule has 0 aliphatic rings. The van der Waals surface area contributed by atoms with Gasteiger partial charge in [0, 0.05) is 17.1 Å². The van der Waals surface area contributed by atoms with Crippen molar-refractivity contribution in [3.05, 3.63) is 34.3 Å². The number of likely N-dealkylation sites (N-methyl/N-ethyl adjacent to an activating group) is 1. The van der Waals surface area contributed by atoms with Crippen LogP contribution in [0.4, 0.5) is 0 Å². The molecule has 0 unspecified atom stereocenters. The number of hydrogen-bond acceptors (Lipinski definition) is 2. The monoisotopic (exact) mass is 284 g/mol. The molecule has 2 amide bonds. The Labute approximate surface area is 103 Å². The van der Waals surface area contributed by atoms with Crippen LogP contribution in [0, 0.1) is 0 Å². The third-order valence-corrected chi connectivity index (χ3v) is 2.62. The van der Waals surface area contributed by atoms with E-state index in [1.54, 1.807) is 31.2 Å². The van der Waals surface area contributed by atoms with Crippen molar-refractivity contribution in [1.29, 1.82) is 0 Å². The summed E-state index contributed by atoms with van der Waals surface area (Å²) in [6.45, 7) is 1.63. The molecule has 16 heavy (non-hydrogen) atoms. The average molecular weight is 285 g/mol. The molecule has 1 rings (SSSR count). The van der Waals surface area contributed by atoms with Gasteiger partial charge in [0.25, 0.3) is 5.91 Å². The van der Waals surface area contributed by atoms with Crippen LogP contribution in [0.25, 0.3) is 0 Å². The summed E-state index contributed by atoms with van der Waals surface area (Å²) in [5.74, 6) is -0.478. The number of carbonyl (C=O) groups excluding carboxylic acids is 2. The first-order chi connectivity index (χ1) is 7.54. The highest BCUT2D eigenvalue weighted by Crippen LogP contribution is 2.10. The topological polar surface area (TPSA) is 58.2 Å². The zero-order valence-electron chi connectivity index (χ0n) is 9.08. The Hall–Kier alpha value is -1.36. The molecule has 0 spiro atoms. The molecule has 1 aromatic carbocycles. The number of amides is 2. The zero-order chi connectivity index (χ0) is 12.1. The van der Waals surface area contributed by atoms with Gasteiger partial charge in [0.05, 0.1) is 0 Å². The van der Waals surface area contributed by atoms with Crippen LogP contribution in [-0.2, 0) is 4.79 Å². The fourth-order valence-electron chi connectivity index (χ4n) is 1.16. The number of hydrogen-bond donors (Lipinski definition) is 2. The molecule has 0 fully saturated rings. The Morgan fingerprint density at radius 1 is 1.25 bits per heavy atom. The lowest BCUT2D eigenvalue weighted by Gasteiger charge is -2.12. The summed E-state index contributed by atoms with van der Waals surface area (Å²) >= 11 is 3.28. The summed E-state index contributed by atoms with van der Waals surface area (Å²) in [4.78, 5) is 22.9. The van der Waals surface area contributed by atoms with E-state index in [0.717, 1.165) is 4.47 Å². The molecule has 0 aromatic heterocycles. The van der Waals surface area contributed by atoms with Crippen LogP contribution in [0.5, 0.6) is 0 Å². The number of nitrogens with one attached hydrogen (secondary N) is 2. The fourth-order valence-corrected chi connectivity index (χ4v) is 1.43. The summed E-state index contributed by atoms with van der Waals surface area (Å²) < 4.78 is 0.906. The summed E-state index contributed by atoms with van der Waals surface area (Å²) in [6, 6.07) is 6.39. The Morgan fingerprint density at radius 2 is 1.81 bits per heavy atom. The van der Waals surface area contributed by atoms with Crippen LogP contribution < -0.4 is 10.6 Å². The quantitative estimate of drug-likeness (QED) is 0.879. The van der Waals surface area contributed by atoms with Gasteiger partial charge in [-0.2, -0.15) is 0 Å². The van der Waals surface area contributed by atoms with E-state index in [4.69, 9.17) is 0 Å². The van der Waals surface area contributed by atoms with E-state index in [2.05, 4.69) is 26.6 Å². The van der Waals surface area contributed by atoms with Crippen LogP contribution in [0.3, 0.4) is 0 Å². The number of halogens is 1. The smallest absolute Gasteiger partial charge is 0.251 e. The van der Waals surface area contributed by atoms with Gasteiger partial charge in [0.2, 0.25) is 5.91 Å². The van der Waals surface area contributed by atoms with Gasteiger partial charge >= 0.3 is 0 Å². The van der Waals surface area contributed by atoms with E-state index in [0.29, 0.717) is 5.56 Å². The van der Waals surface area contributed by atoms with Crippen LogP contribution in [0.1, 0.15) is 17.3 Å². The minimum atomic E-state index is -0.541. The molecule has 1 aromatic rings. The predicted octanol–water partition coefficient (Wildman–Crippen LogP) is 1.31. The van der Waals surface area contributed by atoms with Crippen LogP contribution >= 0.6 is 15.9 Å². The SMILES string of the molecule is CNC(=O)[C@@H](C)NC(=O)c1ccc(Br)cc1. The molecule has 0 saturated heterocycles. The van der Waals surface area contributed by atoms with Crippen molar-refractivity contribution in [3.8, 4) is 0 Å². The van der Waals surface area contributed by atoms with Gasteiger partial charge in [-0.3, -0.25) is 9.59 Å². The molecule has 0 saturated carbocycles. The van der Waals surface area contributed by atoms with Crippen molar-refractivity contribution >= 4 is 27.7 Å². The Bertz CT molecular complexity index is 389. The Morgan fingerprint density at radius 3 is 2.31 bits per heavy atom. The molecule has 5 heteroatoms. The molecular weight excluding hydrogens is 272 g/mol. The summed E-state index contributed by atoms with van der Waals surface area (Å²) in [5.41, 5.74) is 0.527. The van der Waals surface area contributed by atoms with Crippen molar-refractivity contribution in [1.82, 2.24) is 10.6 Å². The average Bonchev–Trinajstić information content (AvgIpc) is 2.28. The molecule has 1 atom stereocenters. The van der Waals surface area contributed by atoms with Gasteiger partial charge in [-0.05, 0) is 31.2 Å². The molecule has 0 bridgehead atoms. The highest BCUT2D eigenvalue weighted by atomic mass is 79.9. The third kappa shape index (κ3) is 3.34. The number of benzene rings is 1. The zero-order valence-corrected chi connectivity index (χ0v) is 10.7. The maximum absolute atomic E-state index is 11.7. The number of rotatable bonds is 3. The van der Waals surface area contributed by atoms with E-state index < -0.39 is 6.04 Å². The first kappa shape index (κ1) is 12.7. The van der Waals surface area contributed by atoms with E-state index in [-0.39, 0.29) is 11.8 Å². The summed E-state index contributed by atoms with van der Waals surface area (Å²) in [7, 11) is 1.53. The first-order valence-electron chi connectivity index (χ1n) is 4.82. The molecule has 0 aliphatic carbocycles. The highest BCUT2D eigenvalue weighted by Gasteiger charge is 2.14. The molecular formula is C11H13BrN2O2. The largest absolute Gasteiger partial charge is 0.357 e. The second-order valence-electron chi connectivity index (χ2n) is 3.32. The maximum atomic E-state index is 11.7. The van der Waals surface area contributed by atoms with Crippen LogP contribution in [-0.4, -0.2) is 24.9 Å². The third-order valence-electron chi connectivity index (χ3n) is 2.09. The standard InChI is InChI=1S/C11H13BrN2O2/c1-7(10(15)13-2)14-11(16)8-3-5-9(12)6-4-8/h3-7H,1-2H3,(H,13,15)(H,14,16)/t7-/m1/s1. The van der Waals surface area contributed by atoms with Crippen molar-refractivity contribution in [2.45, 2.75) is 13.0 Å². The molecule has 0 aliphatic heterocycles. The van der Waals surface area contributed by atoms with Crippen LogP contribution in [0.2, 0.25) is 0 Å². The van der Waals surface area contributed by atoms with Crippen molar-refractivity contribution in [2.75, 3.05) is 7.05 Å². The second-order valence-corrected chi connectivity index (χ2v) is 4.23. The Kier molecular flexibility index (Phi) is 4.49. The number of carbonyl (C=O) groups is 2. The summed E-state index contributed by atoms with van der Waals surface area (Å²) in [5, 5.41) is 5.07. The van der Waals surface area contributed by atoms with Gasteiger partial charge in [-0.1, -0.05) is 15.9 Å². The second kappa shape index (κ2) is 5.65. The lowest BCUT2D eigenvalue weighted by atomic mass is 10.2. The van der Waals surface area contributed by atoms with Crippen molar-refractivity contribution in [3.63, 3.8) is 0 Å². The van der Waals surface area contributed by atoms with Crippen LogP contribution in [0.15, 0.2) is 28.7 Å². The minimum Gasteiger partial charge on any atom is -0.357 e. The Balaban J connectivity index is 2.65. The van der Waals surface area contributed by atoms with E-state index in [1.807, 2.05) is 0 Å². The first-order valence-corrected chi connectivity index (χ1v) is 5.62.